The van der Waals surface area contributed by atoms with E-state index in [0.717, 1.165) is 22.4 Å². The number of rotatable bonds is 6. The Balaban J connectivity index is 1.83. The van der Waals surface area contributed by atoms with Gasteiger partial charge in [0.25, 0.3) is 0 Å². The molecule has 1 heterocycles. The molecule has 7 nitrogen and oxygen atoms in total. The van der Waals surface area contributed by atoms with Crippen molar-refractivity contribution in [3.8, 4) is 0 Å². The molecule has 0 aliphatic carbocycles. The number of anilines is 2. The first-order valence-corrected chi connectivity index (χ1v) is 12.2. The predicted molar refractivity (Wildman–Crippen MR) is 126 cm³/mol. The van der Waals surface area contributed by atoms with Crippen molar-refractivity contribution in [3.05, 3.63) is 53.1 Å². The van der Waals surface area contributed by atoms with E-state index < -0.39 is 22.0 Å². The van der Waals surface area contributed by atoms with Crippen molar-refractivity contribution in [2.24, 2.45) is 5.92 Å². The Morgan fingerprint density at radius 2 is 1.75 bits per heavy atom. The lowest BCUT2D eigenvalue weighted by Gasteiger charge is -2.22. The van der Waals surface area contributed by atoms with Crippen LogP contribution in [0.1, 0.15) is 44.4 Å². The second kappa shape index (κ2) is 9.03. The summed E-state index contributed by atoms with van der Waals surface area (Å²) in [6, 6.07) is 9.34. The van der Waals surface area contributed by atoms with Crippen LogP contribution < -0.4 is 14.9 Å². The van der Waals surface area contributed by atoms with Crippen molar-refractivity contribution >= 4 is 33.2 Å². The molecule has 0 fully saturated rings. The van der Waals surface area contributed by atoms with Crippen LogP contribution >= 0.6 is 0 Å². The summed E-state index contributed by atoms with van der Waals surface area (Å²) < 4.78 is 28.8. The molecule has 32 heavy (non-hydrogen) atoms. The molecule has 2 aromatic rings. The Hall–Kier alpha value is -2.71. The molecule has 1 aliphatic heterocycles. The van der Waals surface area contributed by atoms with Gasteiger partial charge in [0, 0.05) is 24.3 Å². The van der Waals surface area contributed by atoms with E-state index in [-0.39, 0.29) is 22.8 Å². The van der Waals surface area contributed by atoms with E-state index in [1.165, 1.54) is 13.0 Å². The van der Waals surface area contributed by atoms with Crippen LogP contribution in [0.2, 0.25) is 0 Å². The highest BCUT2D eigenvalue weighted by Crippen LogP contribution is 2.34. The van der Waals surface area contributed by atoms with Crippen molar-refractivity contribution in [2.75, 3.05) is 10.2 Å². The van der Waals surface area contributed by atoms with Crippen molar-refractivity contribution in [2.45, 2.75) is 64.9 Å². The number of carbonyl (C=O) groups is 2. The third-order valence-electron chi connectivity index (χ3n) is 5.92. The first kappa shape index (κ1) is 23.9. The van der Waals surface area contributed by atoms with Crippen molar-refractivity contribution < 1.29 is 18.0 Å². The zero-order valence-electron chi connectivity index (χ0n) is 19.4. The number of benzene rings is 2. The van der Waals surface area contributed by atoms with Crippen LogP contribution in [-0.4, -0.2) is 32.3 Å². The zero-order chi connectivity index (χ0) is 23.8. The van der Waals surface area contributed by atoms with Gasteiger partial charge in [0.1, 0.15) is 6.04 Å². The quantitative estimate of drug-likeness (QED) is 0.694. The number of nitrogens with one attached hydrogen (secondary N) is 2. The van der Waals surface area contributed by atoms with Crippen molar-refractivity contribution in [1.29, 1.82) is 0 Å². The molecule has 1 aliphatic rings. The zero-order valence-corrected chi connectivity index (χ0v) is 20.2. The lowest BCUT2D eigenvalue weighted by Crippen LogP contribution is -2.47. The summed E-state index contributed by atoms with van der Waals surface area (Å²) in [6.45, 7) is 11.0. The van der Waals surface area contributed by atoms with Gasteiger partial charge < -0.3 is 10.2 Å². The monoisotopic (exact) mass is 457 g/mol. The average molecular weight is 458 g/mol. The summed E-state index contributed by atoms with van der Waals surface area (Å²) in [5.74, 6) is -0.754. The number of nitrogens with zero attached hydrogens (tertiary/aromatic N) is 1. The maximum atomic E-state index is 13.1. The highest BCUT2D eigenvalue weighted by Gasteiger charge is 2.32. The highest BCUT2D eigenvalue weighted by molar-refractivity contribution is 7.89. The molecule has 0 bridgehead atoms. The fraction of sp³-hybridized carbons (Fsp3) is 0.417. The summed E-state index contributed by atoms with van der Waals surface area (Å²) in [5.41, 5.74) is 4.31. The molecule has 0 saturated carbocycles. The summed E-state index contributed by atoms with van der Waals surface area (Å²) >= 11 is 0. The SMILES string of the molecule is CC(=O)N1c2ccc(S(=O)(=O)NC(C(=O)Nc3ccc(C)c(C)c3)C(C)C)cc2CC1C. The van der Waals surface area contributed by atoms with Crippen LogP contribution in [0.5, 0.6) is 0 Å². The van der Waals surface area contributed by atoms with Gasteiger partial charge >= 0.3 is 0 Å². The molecule has 2 N–H and O–H groups in total. The minimum Gasteiger partial charge on any atom is -0.325 e. The fourth-order valence-corrected chi connectivity index (χ4v) is 5.42. The minimum atomic E-state index is -3.95. The number of aryl methyl sites for hydroxylation is 2. The molecule has 3 rings (SSSR count). The lowest BCUT2D eigenvalue weighted by atomic mass is 10.0. The lowest BCUT2D eigenvalue weighted by molar-refractivity contribution is -0.118. The maximum Gasteiger partial charge on any atom is 0.242 e. The topological polar surface area (TPSA) is 95.6 Å². The van der Waals surface area contributed by atoms with Crippen LogP contribution in [-0.2, 0) is 26.0 Å². The fourth-order valence-electron chi connectivity index (χ4n) is 4.02. The molecule has 2 aromatic carbocycles. The molecular formula is C24H31N3O4S. The summed E-state index contributed by atoms with van der Waals surface area (Å²) in [7, 11) is -3.95. The number of hydrogen-bond donors (Lipinski definition) is 2. The van der Waals surface area contributed by atoms with Gasteiger partial charge in [0.15, 0.2) is 0 Å². The standard InChI is InChI=1S/C24H31N3O4S/c1-14(2)23(24(29)25-20-8-7-15(3)16(4)11-20)26-32(30,31)21-9-10-22-19(13-21)12-17(5)27(22)18(6)28/h7-11,13-14,17,23,26H,12H2,1-6H3,(H,25,29). The molecule has 0 aromatic heterocycles. The Morgan fingerprint density at radius 1 is 1.06 bits per heavy atom. The minimum absolute atomic E-state index is 0.0273. The van der Waals surface area contributed by atoms with Crippen LogP contribution in [0.4, 0.5) is 11.4 Å². The van der Waals surface area contributed by atoms with E-state index in [1.54, 1.807) is 36.9 Å². The molecule has 8 heteroatoms. The van der Waals surface area contributed by atoms with Gasteiger partial charge in [-0.1, -0.05) is 19.9 Å². The van der Waals surface area contributed by atoms with E-state index in [4.69, 9.17) is 0 Å². The Bertz CT molecular complexity index is 1160. The second-order valence-electron chi connectivity index (χ2n) is 8.86. The summed E-state index contributed by atoms with van der Waals surface area (Å²) in [5, 5.41) is 2.82. The van der Waals surface area contributed by atoms with Crippen molar-refractivity contribution in [1.82, 2.24) is 4.72 Å². The van der Waals surface area contributed by atoms with Crippen LogP contribution in [0, 0.1) is 19.8 Å². The van der Waals surface area contributed by atoms with E-state index >= 15 is 0 Å². The molecule has 2 unspecified atom stereocenters. The van der Waals surface area contributed by atoms with E-state index in [2.05, 4.69) is 10.0 Å². The van der Waals surface area contributed by atoms with Gasteiger partial charge in [-0.05, 0) is 80.1 Å². The molecule has 2 amide bonds. The Kier molecular flexibility index (Phi) is 6.76. The van der Waals surface area contributed by atoms with Crippen LogP contribution in [0.3, 0.4) is 0 Å². The van der Waals surface area contributed by atoms with Gasteiger partial charge in [-0.15, -0.1) is 0 Å². The molecule has 172 valence electrons. The third-order valence-corrected chi connectivity index (χ3v) is 7.36. The normalized spacial score (nSPS) is 16.7. The number of fused-ring (bicyclic) bond motifs is 1. The van der Waals surface area contributed by atoms with E-state index in [9.17, 15) is 18.0 Å². The molecular weight excluding hydrogens is 426 g/mol. The predicted octanol–water partition coefficient (Wildman–Crippen LogP) is 3.54. The van der Waals surface area contributed by atoms with Gasteiger partial charge in [0.2, 0.25) is 21.8 Å². The summed E-state index contributed by atoms with van der Waals surface area (Å²) in [6.07, 6.45) is 0.582. The molecule has 0 spiro atoms. The van der Waals surface area contributed by atoms with Crippen molar-refractivity contribution in [3.63, 3.8) is 0 Å². The van der Waals surface area contributed by atoms with Crippen LogP contribution in [0.15, 0.2) is 41.3 Å². The smallest absolute Gasteiger partial charge is 0.242 e. The van der Waals surface area contributed by atoms with E-state index in [1.807, 2.05) is 32.9 Å². The number of carbonyl (C=O) groups excluding carboxylic acids is 2. The largest absolute Gasteiger partial charge is 0.325 e. The van der Waals surface area contributed by atoms with Gasteiger partial charge in [-0.25, -0.2) is 8.42 Å². The number of sulfonamides is 1. The Morgan fingerprint density at radius 3 is 2.34 bits per heavy atom. The van der Waals surface area contributed by atoms with Crippen LogP contribution in [0.25, 0.3) is 0 Å². The second-order valence-corrected chi connectivity index (χ2v) is 10.6. The molecule has 0 radical (unpaired) electrons. The number of hydrogen-bond acceptors (Lipinski definition) is 4. The average Bonchev–Trinajstić information content (AvgIpc) is 3.03. The first-order valence-electron chi connectivity index (χ1n) is 10.7. The first-order chi connectivity index (χ1) is 14.9. The highest BCUT2D eigenvalue weighted by atomic mass is 32.2. The molecule has 0 saturated heterocycles. The number of amides is 2. The molecule has 2 atom stereocenters. The van der Waals surface area contributed by atoms with Gasteiger partial charge in [0.05, 0.1) is 4.90 Å². The Labute approximate surface area is 190 Å². The third kappa shape index (κ3) is 4.86. The maximum absolute atomic E-state index is 13.1. The van der Waals surface area contributed by atoms with E-state index in [0.29, 0.717) is 12.1 Å². The van der Waals surface area contributed by atoms with Gasteiger partial charge in [-0.3, -0.25) is 9.59 Å². The summed E-state index contributed by atoms with van der Waals surface area (Å²) in [4.78, 5) is 26.6. The van der Waals surface area contributed by atoms with Gasteiger partial charge in [-0.2, -0.15) is 4.72 Å².